The van der Waals surface area contributed by atoms with Gasteiger partial charge in [-0.25, -0.2) is 4.79 Å². The summed E-state index contributed by atoms with van der Waals surface area (Å²) in [5, 5.41) is 5.82. The summed E-state index contributed by atoms with van der Waals surface area (Å²) in [6.45, 7) is 6.41. The van der Waals surface area contributed by atoms with Gasteiger partial charge in [0.15, 0.2) is 0 Å². The predicted molar refractivity (Wildman–Crippen MR) is 86.3 cm³/mol. The van der Waals surface area contributed by atoms with Crippen molar-refractivity contribution in [3.63, 3.8) is 0 Å². The summed E-state index contributed by atoms with van der Waals surface area (Å²) in [5.41, 5.74) is 1.52. The van der Waals surface area contributed by atoms with Crippen LogP contribution >= 0.6 is 0 Å². The first-order valence-electron chi connectivity index (χ1n) is 7.68. The zero-order valence-corrected chi connectivity index (χ0v) is 14.1. The van der Waals surface area contributed by atoms with E-state index in [1.807, 2.05) is 39.0 Å². The molecular weight excluding hydrogens is 296 g/mol. The van der Waals surface area contributed by atoms with E-state index in [0.29, 0.717) is 6.61 Å². The maximum atomic E-state index is 12.1. The van der Waals surface area contributed by atoms with Crippen LogP contribution < -0.4 is 15.4 Å². The van der Waals surface area contributed by atoms with E-state index in [1.165, 1.54) is 7.11 Å². The summed E-state index contributed by atoms with van der Waals surface area (Å²) >= 11 is 0. The largest absolute Gasteiger partial charge is 0.493 e. The standard InChI is InChI=1S/C17H24N2O4/c1-17(2,3)19-14(20)10-18-15(16(21)22-4)12-5-6-13-11(9-12)7-8-23-13/h5-6,9,15,18H,7-8,10H2,1-4H3,(H,19,20)/t15-/m1/s1. The lowest BCUT2D eigenvalue weighted by Crippen LogP contribution is -2.46. The highest BCUT2D eigenvalue weighted by Crippen LogP contribution is 2.28. The second-order valence-electron chi connectivity index (χ2n) is 6.60. The van der Waals surface area contributed by atoms with Gasteiger partial charge in [-0.05, 0) is 44.0 Å². The van der Waals surface area contributed by atoms with Crippen LogP contribution in [0.3, 0.4) is 0 Å². The lowest BCUT2D eigenvalue weighted by atomic mass is 10.0. The number of esters is 1. The van der Waals surface area contributed by atoms with E-state index in [0.717, 1.165) is 23.3 Å². The van der Waals surface area contributed by atoms with Gasteiger partial charge in [-0.2, -0.15) is 0 Å². The van der Waals surface area contributed by atoms with Crippen LogP contribution in [0.4, 0.5) is 0 Å². The maximum Gasteiger partial charge on any atom is 0.327 e. The van der Waals surface area contributed by atoms with E-state index in [1.54, 1.807) is 0 Å². The van der Waals surface area contributed by atoms with Crippen molar-refractivity contribution in [2.45, 2.75) is 38.8 Å². The zero-order chi connectivity index (χ0) is 17.0. The monoisotopic (exact) mass is 320 g/mol. The summed E-state index contributed by atoms with van der Waals surface area (Å²) in [7, 11) is 1.34. The van der Waals surface area contributed by atoms with E-state index >= 15 is 0 Å². The molecule has 6 heteroatoms. The molecule has 23 heavy (non-hydrogen) atoms. The Morgan fingerprint density at radius 2 is 2.09 bits per heavy atom. The third-order valence-electron chi connectivity index (χ3n) is 3.46. The molecule has 1 atom stereocenters. The first-order valence-corrected chi connectivity index (χ1v) is 7.68. The molecule has 0 saturated heterocycles. The van der Waals surface area contributed by atoms with Gasteiger partial charge < -0.3 is 14.8 Å². The summed E-state index contributed by atoms with van der Waals surface area (Å²) in [4.78, 5) is 24.0. The minimum Gasteiger partial charge on any atom is -0.493 e. The molecular formula is C17H24N2O4. The van der Waals surface area contributed by atoms with Crippen molar-refractivity contribution in [1.29, 1.82) is 0 Å². The van der Waals surface area contributed by atoms with Crippen molar-refractivity contribution in [3.05, 3.63) is 29.3 Å². The van der Waals surface area contributed by atoms with Gasteiger partial charge in [0, 0.05) is 12.0 Å². The number of amides is 1. The SMILES string of the molecule is COC(=O)[C@H](NCC(=O)NC(C)(C)C)c1ccc2c(c1)CCO2. The van der Waals surface area contributed by atoms with Crippen molar-refractivity contribution < 1.29 is 19.1 Å². The fraction of sp³-hybridized carbons (Fsp3) is 0.529. The summed E-state index contributed by atoms with van der Waals surface area (Å²) in [6, 6.07) is 4.92. The molecule has 0 saturated carbocycles. The average Bonchev–Trinajstić information content (AvgIpc) is 2.92. The van der Waals surface area contributed by atoms with Gasteiger partial charge in [0.25, 0.3) is 0 Å². The molecule has 0 aliphatic carbocycles. The molecule has 1 aliphatic heterocycles. The number of hydrogen-bond donors (Lipinski definition) is 2. The topological polar surface area (TPSA) is 76.7 Å². The molecule has 0 fully saturated rings. The fourth-order valence-corrected chi connectivity index (χ4v) is 2.50. The second kappa shape index (κ2) is 7.00. The molecule has 2 rings (SSSR count). The van der Waals surface area contributed by atoms with Crippen LogP contribution in [-0.4, -0.2) is 37.7 Å². The Hall–Kier alpha value is -2.08. The molecule has 1 aromatic rings. The third kappa shape index (κ3) is 4.69. The van der Waals surface area contributed by atoms with Crippen molar-refractivity contribution in [3.8, 4) is 5.75 Å². The van der Waals surface area contributed by atoms with Crippen molar-refractivity contribution in [2.24, 2.45) is 0 Å². The van der Waals surface area contributed by atoms with E-state index in [4.69, 9.17) is 9.47 Å². The van der Waals surface area contributed by atoms with Crippen LogP contribution in [0.2, 0.25) is 0 Å². The molecule has 126 valence electrons. The van der Waals surface area contributed by atoms with Crippen molar-refractivity contribution in [1.82, 2.24) is 10.6 Å². The van der Waals surface area contributed by atoms with Crippen molar-refractivity contribution >= 4 is 11.9 Å². The molecule has 0 radical (unpaired) electrons. The molecule has 0 unspecified atom stereocenters. The van der Waals surface area contributed by atoms with Gasteiger partial charge in [-0.15, -0.1) is 0 Å². The Morgan fingerprint density at radius 1 is 1.35 bits per heavy atom. The highest BCUT2D eigenvalue weighted by molar-refractivity contribution is 5.81. The number of carbonyl (C=O) groups excluding carboxylic acids is 2. The first kappa shape index (κ1) is 17.3. The molecule has 1 aromatic carbocycles. The van der Waals surface area contributed by atoms with Crippen molar-refractivity contribution in [2.75, 3.05) is 20.3 Å². The number of methoxy groups -OCH3 is 1. The number of benzene rings is 1. The number of nitrogens with one attached hydrogen (secondary N) is 2. The highest BCUT2D eigenvalue weighted by atomic mass is 16.5. The lowest BCUT2D eigenvalue weighted by molar-refractivity contribution is -0.143. The quantitative estimate of drug-likeness (QED) is 0.801. The average molecular weight is 320 g/mol. The fourth-order valence-electron chi connectivity index (χ4n) is 2.50. The van der Waals surface area contributed by atoms with Crippen LogP contribution in [0.15, 0.2) is 18.2 Å². The third-order valence-corrected chi connectivity index (χ3v) is 3.46. The Balaban J connectivity index is 2.09. The minimum atomic E-state index is -0.684. The lowest BCUT2D eigenvalue weighted by Gasteiger charge is -2.22. The smallest absolute Gasteiger partial charge is 0.327 e. The van der Waals surface area contributed by atoms with Gasteiger partial charge in [0.2, 0.25) is 5.91 Å². The highest BCUT2D eigenvalue weighted by Gasteiger charge is 2.24. The van der Waals surface area contributed by atoms with E-state index < -0.39 is 12.0 Å². The normalized spacial score (nSPS) is 14.6. The Labute approximate surface area is 136 Å². The van der Waals surface area contributed by atoms with Crippen LogP contribution in [-0.2, 0) is 20.7 Å². The Morgan fingerprint density at radius 3 is 2.74 bits per heavy atom. The Bertz CT molecular complexity index is 593. The summed E-state index contributed by atoms with van der Waals surface area (Å²) < 4.78 is 10.3. The van der Waals surface area contributed by atoms with Gasteiger partial charge in [0.05, 0.1) is 20.3 Å². The molecule has 2 N–H and O–H groups in total. The maximum absolute atomic E-state index is 12.1. The second-order valence-corrected chi connectivity index (χ2v) is 6.60. The van der Waals surface area contributed by atoms with Crippen LogP contribution in [0.25, 0.3) is 0 Å². The van der Waals surface area contributed by atoms with Gasteiger partial charge in [-0.3, -0.25) is 10.1 Å². The number of carbonyl (C=O) groups is 2. The van der Waals surface area contributed by atoms with E-state index in [9.17, 15) is 9.59 Å². The van der Waals surface area contributed by atoms with Crippen LogP contribution in [0.1, 0.15) is 37.9 Å². The molecule has 1 heterocycles. The number of fused-ring (bicyclic) bond motifs is 1. The summed E-state index contributed by atoms with van der Waals surface area (Å²) in [6.07, 6.45) is 0.821. The minimum absolute atomic E-state index is 0.0324. The zero-order valence-electron chi connectivity index (χ0n) is 14.1. The predicted octanol–water partition coefficient (Wildman–Crippen LogP) is 1.34. The van der Waals surface area contributed by atoms with Gasteiger partial charge in [-0.1, -0.05) is 6.07 Å². The molecule has 6 nitrogen and oxygen atoms in total. The Kier molecular flexibility index (Phi) is 5.26. The molecule has 1 aliphatic rings. The van der Waals surface area contributed by atoms with Crippen LogP contribution in [0, 0.1) is 0 Å². The number of ether oxygens (including phenoxy) is 2. The first-order chi connectivity index (χ1) is 10.8. The molecule has 0 bridgehead atoms. The van der Waals surface area contributed by atoms with E-state index in [-0.39, 0.29) is 18.0 Å². The molecule has 0 spiro atoms. The number of rotatable bonds is 5. The van der Waals surface area contributed by atoms with Gasteiger partial charge in [0.1, 0.15) is 11.8 Å². The van der Waals surface area contributed by atoms with E-state index in [2.05, 4.69) is 10.6 Å². The molecule has 1 amide bonds. The molecule has 0 aromatic heterocycles. The number of hydrogen-bond acceptors (Lipinski definition) is 5. The summed E-state index contributed by atoms with van der Waals surface area (Å²) in [5.74, 6) is 0.256. The van der Waals surface area contributed by atoms with Crippen LogP contribution in [0.5, 0.6) is 5.75 Å². The van der Waals surface area contributed by atoms with Gasteiger partial charge >= 0.3 is 5.97 Å².